The highest BCUT2D eigenvalue weighted by Crippen LogP contribution is 1.97. The highest BCUT2D eigenvalue weighted by atomic mass is 16.3. The second-order valence-corrected chi connectivity index (χ2v) is 3.13. The molecule has 14 heavy (non-hydrogen) atoms. The molecule has 2 N–H and O–H groups in total. The number of amides is 1. The summed E-state index contributed by atoms with van der Waals surface area (Å²) < 4.78 is 0. The Bertz CT molecular complexity index is 287. The maximum absolute atomic E-state index is 11.5. The van der Waals surface area contributed by atoms with Gasteiger partial charge in [-0.2, -0.15) is 0 Å². The van der Waals surface area contributed by atoms with E-state index in [1.165, 1.54) is 6.20 Å². The minimum atomic E-state index is -0.154. The molecule has 0 bridgehead atoms. The highest BCUT2D eigenvalue weighted by molar-refractivity contribution is 5.93. The summed E-state index contributed by atoms with van der Waals surface area (Å²) in [6, 6.07) is 3.40. The van der Waals surface area contributed by atoms with Gasteiger partial charge in [0.05, 0.1) is 5.56 Å². The Morgan fingerprint density at radius 2 is 2.50 bits per heavy atom. The van der Waals surface area contributed by atoms with Gasteiger partial charge in [-0.1, -0.05) is 0 Å². The van der Waals surface area contributed by atoms with Gasteiger partial charge in [0.15, 0.2) is 0 Å². The zero-order valence-electron chi connectivity index (χ0n) is 8.10. The zero-order chi connectivity index (χ0) is 10.4. The molecule has 0 radical (unpaired) electrons. The van der Waals surface area contributed by atoms with Crippen LogP contribution in [0.1, 0.15) is 23.7 Å². The molecular formula is C10H14N2O2. The third-order valence-corrected chi connectivity index (χ3v) is 1.86. The van der Waals surface area contributed by atoms with Crippen molar-refractivity contribution in [3.63, 3.8) is 0 Å². The molecule has 0 spiro atoms. The van der Waals surface area contributed by atoms with Crippen molar-refractivity contribution < 1.29 is 9.90 Å². The van der Waals surface area contributed by atoms with Crippen LogP contribution in [0.3, 0.4) is 0 Å². The van der Waals surface area contributed by atoms with Gasteiger partial charge in [0, 0.05) is 25.0 Å². The van der Waals surface area contributed by atoms with Gasteiger partial charge < -0.3 is 10.4 Å². The summed E-state index contributed by atoms with van der Waals surface area (Å²) in [6.45, 7) is 1.93. The molecule has 0 aromatic carbocycles. The lowest BCUT2D eigenvalue weighted by Crippen LogP contribution is -2.33. The zero-order valence-corrected chi connectivity index (χ0v) is 8.10. The lowest BCUT2D eigenvalue weighted by atomic mass is 10.2. The highest BCUT2D eigenvalue weighted by Gasteiger charge is 2.08. The Balaban J connectivity index is 2.51. The third-order valence-electron chi connectivity index (χ3n) is 1.86. The first kappa shape index (κ1) is 10.7. The molecule has 1 unspecified atom stereocenters. The van der Waals surface area contributed by atoms with Gasteiger partial charge in [-0.15, -0.1) is 0 Å². The molecule has 1 aromatic heterocycles. The molecule has 76 valence electrons. The molecule has 4 heteroatoms. The summed E-state index contributed by atoms with van der Waals surface area (Å²) >= 11 is 0. The quantitative estimate of drug-likeness (QED) is 0.737. The predicted octanol–water partition coefficient (Wildman–Crippen LogP) is 0.582. The molecule has 1 aromatic rings. The molecule has 0 fully saturated rings. The lowest BCUT2D eigenvalue weighted by Gasteiger charge is -2.11. The van der Waals surface area contributed by atoms with Crippen LogP contribution in [0.25, 0.3) is 0 Å². The summed E-state index contributed by atoms with van der Waals surface area (Å²) in [5, 5.41) is 11.4. The number of rotatable bonds is 4. The molecule has 0 saturated heterocycles. The van der Waals surface area contributed by atoms with Gasteiger partial charge in [0.2, 0.25) is 0 Å². The predicted molar refractivity (Wildman–Crippen MR) is 52.9 cm³/mol. The van der Waals surface area contributed by atoms with Crippen molar-refractivity contribution in [1.29, 1.82) is 0 Å². The Hall–Kier alpha value is -1.42. The number of aromatic nitrogens is 1. The lowest BCUT2D eigenvalue weighted by molar-refractivity contribution is 0.0934. The van der Waals surface area contributed by atoms with Gasteiger partial charge in [-0.3, -0.25) is 9.78 Å². The van der Waals surface area contributed by atoms with Crippen LogP contribution in [0.5, 0.6) is 0 Å². The van der Waals surface area contributed by atoms with E-state index in [0.29, 0.717) is 12.0 Å². The molecule has 0 saturated carbocycles. The van der Waals surface area contributed by atoms with E-state index in [2.05, 4.69) is 10.3 Å². The van der Waals surface area contributed by atoms with Gasteiger partial charge in [0.25, 0.3) is 5.91 Å². The third kappa shape index (κ3) is 3.14. The van der Waals surface area contributed by atoms with Crippen molar-refractivity contribution in [2.45, 2.75) is 19.4 Å². The number of aliphatic hydroxyl groups excluding tert-OH is 1. The van der Waals surface area contributed by atoms with Gasteiger partial charge in [-0.05, 0) is 25.5 Å². The van der Waals surface area contributed by atoms with Gasteiger partial charge in [-0.25, -0.2) is 0 Å². The van der Waals surface area contributed by atoms with E-state index >= 15 is 0 Å². The van der Waals surface area contributed by atoms with Crippen molar-refractivity contribution in [2.75, 3.05) is 6.61 Å². The fraction of sp³-hybridized carbons (Fsp3) is 0.400. The molecule has 4 nitrogen and oxygen atoms in total. The van der Waals surface area contributed by atoms with Crippen LogP contribution in [-0.2, 0) is 0 Å². The normalized spacial score (nSPS) is 12.1. The average molecular weight is 194 g/mol. The Labute approximate surface area is 83.0 Å². The Morgan fingerprint density at radius 1 is 1.71 bits per heavy atom. The standard InChI is InChI=1S/C10H14N2O2/c1-8(4-6-13)12-10(14)9-3-2-5-11-7-9/h2-3,5,7-8,13H,4,6H2,1H3,(H,12,14). The largest absolute Gasteiger partial charge is 0.396 e. The fourth-order valence-electron chi connectivity index (χ4n) is 1.07. The maximum atomic E-state index is 11.5. The van der Waals surface area contributed by atoms with Crippen LogP contribution >= 0.6 is 0 Å². The number of nitrogens with zero attached hydrogens (tertiary/aromatic N) is 1. The van der Waals surface area contributed by atoms with Crippen LogP contribution in [0.15, 0.2) is 24.5 Å². The second kappa shape index (κ2) is 5.34. The average Bonchev–Trinajstić information content (AvgIpc) is 2.19. The number of hydrogen-bond donors (Lipinski definition) is 2. The summed E-state index contributed by atoms with van der Waals surface area (Å²) in [7, 11) is 0. The fourth-order valence-corrected chi connectivity index (χ4v) is 1.07. The van der Waals surface area contributed by atoms with E-state index in [1.807, 2.05) is 6.92 Å². The molecule has 0 aliphatic heterocycles. The van der Waals surface area contributed by atoms with Crippen LogP contribution in [0.2, 0.25) is 0 Å². The number of aliphatic hydroxyl groups is 1. The first-order valence-electron chi connectivity index (χ1n) is 4.56. The molecule has 1 amide bonds. The van der Waals surface area contributed by atoms with E-state index in [0.717, 1.165) is 0 Å². The number of carbonyl (C=O) groups is 1. The molecule has 1 heterocycles. The minimum Gasteiger partial charge on any atom is -0.396 e. The van der Waals surface area contributed by atoms with Crippen LogP contribution in [0, 0.1) is 0 Å². The topological polar surface area (TPSA) is 62.2 Å². The number of carbonyl (C=O) groups excluding carboxylic acids is 1. The van der Waals surface area contributed by atoms with Crippen molar-refractivity contribution in [3.8, 4) is 0 Å². The summed E-state index contributed by atoms with van der Waals surface area (Å²) in [5.41, 5.74) is 0.539. The molecule has 0 aliphatic carbocycles. The Morgan fingerprint density at radius 3 is 3.07 bits per heavy atom. The van der Waals surface area contributed by atoms with Crippen molar-refractivity contribution >= 4 is 5.91 Å². The first-order chi connectivity index (χ1) is 6.74. The monoisotopic (exact) mass is 194 g/mol. The van der Waals surface area contributed by atoms with Gasteiger partial charge in [0.1, 0.15) is 0 Å². The van der Waals surface area contributed by atoms with E-state index in [4.69, 9.17) is 5.11 Å². The number of pyridine rings is 1. The minimum absolute atomic E-state index is 0.0206. The van der Waals surface area contributed by atoms with Gasteiger partial charge >= 0.3 is 0 Å². The van der Waals surface area contributed by atoms with Crippen LogP contribution in [-0.4, -0.2) is 28.6 Å². The molecule has 1 atom stereocenters. The van der Waals surface area contributed by atoms with E-state index in [-0.39, 0.29) is 18.6 Å². The molecule has 0 aliphatic rings. The SMILES string of the molecule is CC(CCO)NC(=O)c1cccnc1. The Kier molecular flexibility index (Phi) is 4.07. The summed E-state index contributed by atoms with van der Waals surface area (Å²) in [5.74, 6) is -0.154. The van der Waals surface area contributed by atoms with Crippen molar-refractivity contribution in [2.24, 2.45) is 0 Å². The summed E-state index contributed by atoms with van der Waals surface area (Å²) in [6.07, 6.45) is 3.70. The maximum Gasteiger partial charge on any atom is 0.253 e. The van der Waals surface area contributed by atoms with E-state index in [9.17, 15) is 4.79 Å². The first-order valence-corrected chi connectivity index (χ1v) is 4.56. The molecular weight excluding hydrogens is 180 g/mol. The van der Waals surface area contributed by atoms with Crippen molar-refractivity contribution in [3.05, 3.63) is 30.1 Å². The smallest absolute Gasteiger partial charge is 0.253 e. The number of hydrogen-bond acceptors (Lipinski definition) is 3. The van der Waals surface area contributed by atoms with Crippen LogP contribution < -0.4 is 5.32 Å². The van der Waals surface area contributed by atoms with E-state index in [1.54, 1.807) is 18.3 Å². The second-order valence-electron chi connectivity index (χ2n) is 3.13. The van der Waals surface area contributed by atoms with Crippen molar-refractivity contribution in [1.82, 2.24) is 10.3 Å². The van der Waals surface area contributed by atoms with Crippen LogP contribution in [0.4, 0.5) is 0 Å². The number of nitrogens with one attached hydrogen (secondary N) is 1. The molecule has 1 rings (SSSR count). The summed E-state index contributed by atoms with van der Waals surface area (Å²) in [4.78, 5) is 15.3. The van der Waals surface area contributed by atoms with E-state index < -0.39 is 0 Å².